The van der Waals surface area contributed by atoms with Gasteiger partial charge in [-0.05, 0) is 49.4 Å². The van der Waals surface area contributed by atoms with Crippen molar-refractivity contribution in [3.05, 3.63) is 53.6 Å². The molecule has 2 heterocycles. The minimum atomic E-state index is 0.334. The van der Waals surface area contributed by atoms with Crippen molar-refractivity contribution in [2.75, 3.05) is 0 Å². The van der Waals surface area contributed by atoms with E-state index in [1.165, 1.54) is 12.8 Å². The Bertz CT molecular complexity index is 660. The van der Waals surface area contributed by atoms with Gasteiger partial charge in [-0.15, -0.1) is 0 Å². The largest absolute Gasteiger partial charge is 0.490 e. The maximum atomic E-state index is 6.30. The minimum absolute atomic E-state index is 0.334. The molecular formula is C19H20ClNO. The smallest absolute Gasteiger partial charge is 0.120 e. The molecule has 0 radical (unpaired) electrons. The molecule has 0 aromatic heterocycles. The van der Waals surface area contributed by atoms with E-state index in [-0.39, 0.29) is 0 Å². The van der Waals surface area contributed by atoms with Crippen molar-refractivity contribution in [1.82, 2.24) is 5.32 Å². The van der Waals surface area contributed by atoms with E-state index in [1.807, 2.05) is 36.4 Å². The molecule has 2 aromatic carbocycles. The molecule has 22 heavy (non-hydrogen) atoms. The Labute approximate surface area is 136 Å². The lowest BCUT2D eigenvalue weighted by atomic mass is 10.0. The van der Waals surface area contributed by atoms with Crippen LogP contribution in [0.3, 0.4) is 0 Å². The van der Waals surface area contributed by atoms with E-state index in [0.717, 1.165) is 34.7 Å². The van der Waals surface area contributed by atoms with Crippen molar-refractivity contribution in [2.24, 2.45) is 0 Å². The Kier molecular flexibility index (Phi) is 3.81. The molecule has 2 fully saturated rings. The highest BCUT2D eigenvalue weighted by molar-refractivity contribution is 6.33. The van der Waals surface area contributed by atoms with Crippen molar-refractivity contribution >= 4 is 11.6 Å². The molecule has 2 saturated heterocycles. The third kappa shape index (κ3) is 2.86. The molecule has 4 rings (SSSR count). The van der Waals surface area contributed by atoms with Crippen LogP contribution in [0.25, 0.3) is 11.1 Å². The highest BCUT2D eigenvalue weighted by Crippen LogP contribution is 2.33. The fourth-order valence-electron chi connectivity index (χ4n) is 3.73. The van der Waals surface area contributed by atoms with Gasteiger partial charge in [-0.3, -0.25) is 0 Å². The van der Waals surface area contributed by atoms with Gasteiger partial charge >= 0.3 is 0 Å². The van der Waals surface area contributed by atoms with Crippen molar-refractivity contribution in [3.63, 3.8) is 0 Å². The van der Waals surface area contributed by atoms with E-state index in [9.17, 15) is 0 Å². The summed E-state index contributed by atoms with van der Waals surface area (Å²) in [5, 5.41) is 4.43. The van der Waals surface area contributed by atoms with Crippen LogP contribution in [0.2, 0.25) is 5.02 Å². The number of hydrogen-bond donors (Lipinski definition) is 1. The van der Waals surface area contributed by atoms with Gasteiger partial charge in [-0.2, -0.15) is 0 Å². The van der Waals surface area contributed by atoms with E-state index in [0.29, 0.717) is 18.2 Å². The highest BCUT2D eigenvalue weighted by atomic mass is 35.5. The van der Waals surface area contributed by atoms with Crippen LogP contribution in [0.1, 0.15) is 25.7 Å². The third-order valence-corrected chi connectivity index (χ3v) is 5.08. The number of benzene rings is 2. The Morgan fingerprint density at radius 3 is 2.50 bits per heavy atom. The molecule has 0 saturated carbocycles. The molecule has 114 valence electrons. The molecule has 0 unspecified atom stereocenters. The number of hydrogen-bond acceptors (Lipinski definition) is 2. The Morgan fingerprint density at radius 2 is 1.73 bits per heavy atom. The number of halogens is 1. The molecule has 3 heteroatoms. The Hall–Kier alpha value is -1.51. The Balaban J connectivity index is 1.54. The summed E-state index contributed by atoms with van der Waals surface area (Å²) in [4.78, 5) is 0. The van der Waals surface area contributed by atoms with Gasteiger partial charge in [-0.1, -0.05) is 41.9 Å². The molecule has 2 aliphatic rings. The maximum absolute atomic E-state index is 6.30. The number of ether oxygens (including phenoxy) is 1. The fraction of sp³-hybridized carbons (Fsp3) is 0.368. The van der Waals surface area contributed by atoms with Gasteiger partial charge < -0.3 is 10.1 Å². The van der Waals surface area contributed by atoms with E-state index in [4.69, 9.17) is 16.3 Å². The van der Waals surface area contributed by atoms with Crippen LogP contribution < -0.4 is 10.1 Å². The average Bonchev–Trinajstić information content (AvgIpc) is 2.87. The lowest BCUT2D eigenvalue weighted by Gasteiger charge is -2.29. The van der Waals surface area contributed by atoms with Gasteiger partial charge in [0.25, 0.3) is 0 Å². The molecule has 3 atom stereocenters. The van der Waals surface area contributed by atoms with Gasteiger partial charge in [0.2, 0.25) is 0 Å². The van der Waals surface area contributed by atoms with Crippen molar-refractivity contribution in [3.8, 4) is 16.9 Å². The van der Waals surface area contributed by atoms with Crippen LogP contribution in [-0.4, -0.2) is 18.2 Å². The summed E-state index contributed by atoms with van der Waals surface area (Å²) in [6.07, 6.45) is 5.16. The second kappa shape index (κ2) is 5.94. The van der Waals surface area contributed by atoms with Crippen LogP contribution in [0.5, 0.6) is 5.75 Å². The van der Waals surface area contributed by atoms with Crippen molar-refractivity contribution < 1.29 is 4.74 Å². The summed E-state index contributed by atoms with van der Waals surface area (Å²) in [5.74, 6) is 0.948. The number of fused-ring (bicyclic) bond motifs is 2. The van der Waals surface area contributed by atoms with E-state index in [2.05, 4.69) is 17.4 Å². The second-order valence-electron chi connectivity index (χ2n) is 6.36. The van der Waals surface area contributed by atoms with Gasteiger partial charge in [0.05, 0.1) is 0 Å². The first kappa shape index (κ1) is 14.1. The van der Waals surface area contributed by atoms with Crippen LogP contribution in [0.4, 0.5) is 0 Å². The fourth-order valence-corrected chi connectivity index (χ4v) is 3.97. The predicted molar refractivity (Wildman–Crippen MR) is 90.5 cm³/mol. The third-order valence-electron chi connectivity index (χ3n) is 4.75. The molecule has 2 aromatic rings. The van der Waals surface area contributed by atoms with Crippen molar-refractivity contribution in [1.29, 1.82) is 0 Å². The molecule has 0 amide bonds. The summed E-state index contributed by atoms with van der Waals surface area (Å²) in [7, 11) is 0. The van der Waals surface area contributed by atoms with E-state index >= 15 is 0 Å². The summed E-state index contributed by atoms with van der Waals surface area (Å²) >= 11 is 6.30. The van der Waals surface area contributed by atoms with Gasteiger partial charge in [0.1, 0.15) is 11.9 Å². The lowest BCUT2D eigenvalue weighted by molar-refractivity contribution is 0.137. The monoisotopic (exact) mass is 313 g/mol. The van der Waals surface area contributed by atoms with Crippen LogP contribution in [0, 0.1) is 0 Å². The predicted octanol–water partition coefficient (Wildman–Crippen LogP) is 4.67. The van der Waals surface area contributed by atoms with Crippen LogP contribution >= 0.6 is 11.6 Å². The van der Waals surface area contributed by atoms with Crippen molar-refractivity contribution in [2.45, 2.75) is 43.9 Å². The molecule has 0 spiro atoms. The zero-order valence-corrected chi connectivity index (χ0v) is 13.2. The molecule has 2 bridgehead atoms. The zero-order valence-electron chi connectivity index (χ0n) is 12.5. The second-order valence-corrected chi connectivity index (χ2v) is 6.76. The number of rotatable bonds is 3. The number of piperidine rings is 1. The molecule has 1 N–H and O–H groups in total. The standard InChI is InChI=1S/C19H20ClNO/c20-19-7-2-1-6-18(19)13-4-3-5-16(10-13)22-17-11-14-8-9-15(12-17)21-14/h1-7,10,14-15,17,21H,8-9,11-12H2/t14-,15+,17-. The molecule has 2 nitrogen and oxygen atoms in total. The molecule has 0 aliphatic carbocycles. The van der Waals surface area contributed by atoms with Gasteiger partial charge in [-0.25, -0.2) is 0 Å². The normalized spacial score (nSPS) is 26.9. The highest BCUT2D eigenvalue weighted by Gasteiger charge is 2.34. The summed E-state index contributed by atoms with van der Waals surface area (Å²) in [6, 6.07) is 17.5. The van der Waals surface area contributed by atoms with E-state index in [1.54, 1.807) is 0 Å². The van der Waals surface area contributed by atoms with Gasteiger partial charge in [0, 0.05) is 22.7 Å². The topological polar surface area (TPSA) is 21.3 Å². The summed E-state index contributed by atoms with van der Waals surface area (Å²) in [5.41, 5.74) is 2.17. The first-order valence-corrected chi connectivity index (χ1v) is 8.43. The summed E-state index contributed by atoms with van der Waals surface area (Å²) in [6.45, 7) is 0. The summed E-state index contributed by atoms with van der Waals surface area (Å²) < 4.78 is 6.26. The first-order valence-electron chi connectivity index (χ1n) is 8.05. The molecular weight excluding hydrogens is 294 g/mol. The van der Waals surface area contributed by atoms with Crippen LogP contribution in [0.15, 0.2) is 48.5 Å². The quantitative estimate of drug-likeness (QED) is 0.889. The molecule has 2 aliphatic heterocycles. The van der Waals surface area contributed by atoms with E-state index < -0.39 is 0 Å². The SMILES string of the molecule is Clc1ccccc1-c1cccc(O[C@@H]2C[C@H]3CC[C@@H](C2)N3)c1. The van der Waals surface area contributed by atoms with Crippen LogP contribution in [-0.2, 0) is 0 Å². The van der Waals surface area contributed by atoms with Gasteiger partial charge in [0.15, 0.2) is 0 Å². The lowest BCUT2D eigenvalue weighted by Crippen LogP contribution is -2.42. The number of nitrogens with one attached hydrogen (secondary N) is 1. The Morgan fingerprint density at radius 1 is 0.955 bits per heavy atom. The first-order chi connectivity index (χ1) is 10.8. The maximum Gasteiger partial charge on any atom is 0.120 e. The zero-order chi connectivity index (χ0) is 14.9. The average molecular weight is 314 g/mol. The minimum Gasteiger partial charge on any atom is -0.490 e.